The zero-order valence-electron chi connectivity index (χ0n) is 17.0. The van der Waals surface area contributed by atoms with Gasteiger partial charge < -0.3 is 19.3 Å². The summed E-state index contributed by atoms with van der Waals surface area (Å²) in [5, 5.41) is 11.9. The summed E-state index contributed by atoms with van der Waals surface area (Å²) in [6.45, 7) is 2.51. The normalized spacial score (nSPS) is 10.9. The van der Waals surface area contributed by atoms with Crippen LogP contribution in [-0.4, -0.2) is 36.9 Å². The highest BCUT2D eigenvalue weighted by molar-refractivity contribution is 7.10. The number of methoxy groups -OCH3 is 2. The number of thiazole rings is 1. The number of ether oxygens (including phenoxy) is 3. The van der Waals surface area contributed by atoms with Crippen molar-refractivity contribution in [3.05, 3.63) is 57.9 Å². The van der Waals surface area contributed by atoms with Crippen molar-refractivity contribution in [3.8, 4) is 28.5 Å². The van der Waals surface area contributed by atoms with E-state index in [-0.39, 0.29) is 6.42 Å². The summed E-state index contributed by atoms with van der Waals surface area (Å²) in [7, 11) is 3.15. The molecule has 0 aliphatic rings. The first kappa shape index (κ1) is 21.4. The lowest BCUT2D eigenvalue weighted by molar-refractivity contribution is -0.136. The number of carboxylic acid groups (broad SMARTS) is 1. The largest absolute Gasteiger partial charge is 0.496 e. The molecule has 0 saturated carbocycles. The maximum Gasteiger partial charge on any atom is 0.307 e. The smallest absolute Gasteiger partial charge is 0.307 e. The van der Waals surface area contributed by atoms with Gasteiger partial charge >= 0.3 is 5.97 Å². The van der Waals surface area contributed by atoms with Crippen molar-refractivity contribution in [3.63, 3.8) is 0 Å². The molecule has 6 nitrogen and oxygen atoms in total. The third kappa shape index (κ3) is 5.18. The number of carboxylic acids is 1. The summed E-state index contributed by atoms with van der Waals surface area (Å²) in [5.74, 6) is 1.05. The van der Waals surface area contributed by atoms with E-state index in [0.29, 0.717) is 29.4 Å². The van der Waals surface area contributed by atoms with E-state index in [1.54, 1.807) is 13.2 Å². The molecule has 0 radical (unpaired) electrons. The number of hydrogen-bond donors (Lipinski definition) is 1. The first-order valence-electron chi connectivity index (χ1n) is 9.37. The third-order valence-corrected chi connectivity index (χ3v) is 5.16. The molecule has 0 aliphatic carbocycles. The molecule has 0 saturated heterocycles. The quantitative estimate of drug-likeness (QED) is 0.518. The maximum atomic E-state index is 11.1. The molecule has 1 N–H and O–H groups in total. The predicted octanol–water partition coefficient (Wildman–Crippen LogP) is 5.02. The minimum atomic E-state index is -0.905. The average Bonchev–Trinajstić information content (AvgIpc) is 3.22. The molecule has 0 aliphatic heterocycles. The van der Waals surface area contributed by atoms with E-state index in [4.69, 9.17) is 19.3 Å². The Morgan fingerprint density at radius 1 is 1.07 bits per heavy atom. The van der Waals surface area contributed by atoms with Crippen LogP contribution >= 0.6 is 11.3 Å². The Balaban J connectivity index is 1.81. The highest BCUT2D eigenvalue weighted by atomic mass is 32.1. The number of hydrogen-bond acceptors (Lipinski definition) is 6. The first-order valence-corrected chi connectivity index (χ1v) is 10.3. The van der Waals surface area contributed by atoms with E-state index in [2.05, 4.69) is 4.98 Å². The van der Waals surface area contributed by atoms with Crippen LogP contribution in [0.4, 0.5) is 0 Å². The fourth-order valence-corrected chi connectivity index (χ4v) is 3.68. The molecular weight excluding hydrogens is 402 g/mol. The fourth-order valence-electron chi connectivity index (χ4n) is 2.97. The number of benzene rings is 2. The highest BCUT2D eigenvalue weighted by Gasteiger charge is 2.11. The van der Waals surface area contributed by atoms with Crippen LogP contribution < -0.4 is 14.2 Å². The van der Waals surface area contributed by atoms with Gasteiger partial charge in [-0.15, -0.1) is 11.3 Å². The van der Waals surface area contributed by atoms with Gasteiger partial charge in [0.2, 0.25) is 0 Å². The molecule has 3 aromatic rings. The van der Waals surface area contributed by atoms with Crippen LogP contribution in [0.3, 0.4) is 0 Å². The van der Waals surface area contributed by atoms with Gasteiger partial charge in [-0.05, 0) is 48.9 Å². The van der Waals surface area contributed by atoms with E-state index in [9.17, 15) is 4.79 Å². The van der Waals surface area contributed by atoms with Gasteiger partial charge in [0.25, 0.3) is 0 Å². The van der Waals surface area contributed by atoms with Crippen LogP contribution in [0.25, 0.3) is 23.4 Å². The number of nitrogens with zero attached hydrogens (tertiary/aromatic N) is 1. The lowest BCUT2D eigenvalue weighted by Gasteiger charge is -2.09. The minimum absolute atomic E-state index is 0.104. The van der Waals surface area contributed by atoms with Gasteiger partial charge in [-0.25, -0.2) is 4.98 Å². The number of aliphatic carboxylic acids is 1. The molecule has 0 spiro atoms. The van der Waals surface area contributed by atoms with E-state index in [1.807, 2.05) is 54.8 Å². The average molecular weight is 426 g/mol. The fraction of sp³-hybridized carbons (Fsp3) is 0.217. The van der Waals surface area contributed by atoms with Crippen molar-refractivity contribution < 1.29 is 24.1 Å². The van der Waals surface area contributed by atoms with Crippen molar-refractivity contribution in [1.82, 2.24) is 4.98 Å². The summed E-state index contributed by atoms with van der Waals surface area (Å²) in [6.07, 6.45) is 3.79. The summed E-state index contributed by atoms with van der Waals surface area (Å²) in [6, 6.07) is 11.2. The molecule has 1 aromatic heterocycles. The van der Waals surface area contributed by atoms with Crippen molar-refractivity contribution in [2.24, 2.45) is 0 Å². The Morgan fingerprint density at radius 3 is 2.53 bits per heavy atom. The van der Waals surface area contributed by atoms with E-state index >= 15 is 0 Å². The SMILES string of the molecule is CCOc1ccc(/C=C/c2nc(-c3ccc(OC)c(CC(=O)O)c3)cs2)cc1OC. The molecular formula is C23H23NO5S. The summed E-state index contributed by atoms with van der Waals surface area (Å²) in [4.78, 5) is 15.8. The standard InChI is InChI=1S/C23H23NO5S/c1-4-29-20-8-5-15(11-21(20)28-3)6-10-22-24-18(14-30-22)16-7-9-19(27-2)17(12-16)13-23(25)26/h5-12,14H,4,13H2,1-3H3,(H,25,26)/b10-6+. The van der Waals surface area contributed by atoms with Crippen LogP contribution in [0.2, 0.25) is 0 Å². The molecule has 1 heterocycles. The topological polar surface area (TPSA) is 77.9 Å². The second-order valence-electron chi connectivity index (χ2n) is 6.34. The highest BCUT2D eigenvalue weighted by Crippen LogP contribution is 2.30. The monoisotopic (exact) mass is 425 g/mol. The van der Waals surface area contributed by atoms with Crippen LogP contribution in [0.5, 0.6) is 17.2 Å². The van der Waals surface area contributed by atoms with Crippen molar-refractivity contribution in [1.29, 1.82) is 0 Å². The summed E-state index contributed by atoms with van der Waals surface area (Å²) >= 11 is 1.51. The summed E-state index contributed by atoms with van der Waals surface area (Å²) < 4.78 is 16.2. The van der Waals surface area contributed by atoms with Gasteiger partial charge in [0.1, 0.15) is 10.8 Å². The van der Waals surface area contributed by atoms with Gasteiger partial charge in [-0.1, -0.05) is 12.1 Å². The Morgan fingerprint density at radius 2 is 1.83 bits per heavy atom. The molecule has 30 heavy (non-hydrogen) atoms. The second-order valence-corrected chi connectivity index (χ2v) is 7.23. The number of rotatable bonds is 9. The Bertz CT molecular complexity index is 1060. The molecule has 156 valence electrons. The molecule has 0 fully saturated rings. The van der Waals surface area contributed by atoms with E-state index in [0.717, 1.165) is 21.8 Å². The lowest BCUT2D eigenvalue weighted by atomic mass is 10.1. The Kier molecular flexibility index (Phi) is 7.08. The first-order chi connectivity index (χ1) is 14.5. The van der Waals surface area contributed by atoms with Crippen LogP contribution in [0.1, 0.15) is 23.1 Å². The van der Waals surface area contributed by atoms with Crippen LogP contribution in [0, 0.1) is 0 Å². The van der Waals surface area contributed by atoms with Gasteiger partial charge in [0.15, 0.2) is 11.5 Å². The molecule has 2 aromatic carbocycles. The molecule has 3 rings (SSSR count). The van der Waals surface area contributed by atoms with Gasteiger partial charge in [0, 0.05) is 16.5 Å². The lowest BCUT2D eigenvalue weighted by Crippen LogP contribution is -2.02. The van der Waals surface area contributed by atoms with E-state index in [1.165, 1.54) is 18.4 Å². The van der Waals surface area contributed by atoms with Gasteiger partial charge in [-0.2, -0.15) is 0 Å². The third-order valence-electron chi connectivity index (χ3n) is 4.35. The Hall–Kier alpha value is -3.32. The van der Waals surface area contributed by atoms with Gasteiger partial charge in [-0.3, -0.25) is 4.79 Å². The van der Waals surface area contributed by atoms with Gasteiger partial charge in [0.05, 0.1) is 32.9 Å². The van der Waals surface area contributed by atoms with Crippen molar-refractivity contribution >= 4 is 29.5 Å². The zero-order valence-corrected chi connectivity index (χ0v) is 17.9. The molecule has 7 heteroatoms. The van der Waals surface area contributed by atoms with E-state index < -0.39 is 5.97 Å². The molecule has 0 amide bonds. The van der Waals surface area contributed by atoms with Crippen LogP contribution in [0.15, 0.2) is 41.8 Å². The number of carbonyl (C=O) groups is 1. The molecule has 0 bridgehead atoms. The predicted molar refractivity (Wildman–Crippen MR) is 119 cm³/mol. The second kappa shape index (κ2) is 9.93. The maximum absolute atomic E-state index is 11.1. The minimum Gasteiger partial charge on any atom is -0.496 e. The number of aromatic nitrogens is 1. The Labute approximate surface area is 179 Å². The zero-order chi connectivity index (χ0) is 21.5. The molecule has 0 unspecified atom stereocenters. The molecule has 0 atom stereocenters. The van der Waals surface area contributed by atoms with Crippen LogP contribution in [-0.2, 0) is 11.2 Å². The summed E-state index contributed by atoms with van der Waals surface area (Å²) in [5.41, 5.74) is 3.23. The van der Waals surface area contributed by atoms with Crippen molar-refractivity contribution in [2.75, 3.05) is 20.8 Å². The van der Waals surface area contributed by atoms with Crippen molar-refractivity contribution in [2.45, 2.75) is 13.3 Å².